The van der Waals surface area contributed by atoms with Gasteiger partial charge >= 0.3 is 0 Å². The highest BCUT2D eigenvalue weighted by molar-refractivity contribution is 7.91. The van der Waals surface area contributed by atoms with E-state index in [1.165, 1.54) is 18.3 Å². The van der Waals surface area contributed by atoms with E-state index in [2.05, 4.69) is 9.97 Å². The Morgan fingerprint density at radius 1 is 1.07 bits per heavy atom. The molecule has 1 atom stereocenters. The van der Waals surface area contributed by atoms with Gasteiger partial charge in [0.1, 0.15) is 5.69 Å². The summed E-state index contributed by atoms with van der Waals surface area (Å²) in [5.74, 6) is -1.85. The van der Waals surface area contributed by atoms with Gasteiger partial charge in [0.25, 0.3) is 0 Å². The van der Waals surface area contributed by atoms with E-state index in [0.29, 0.717) is 34.5 Å². The number of halogens is 1. The van der Waals surface area contributed by atoms with Gasteiger partial charge in [0.05, 0.1) is 10.6 Å². The van der Waals surface area contributed by atoms with Crippen LogP contribution in [0.1, 0.15) is 49.9 Å². The van der Waals surface area contributed by atoms with Gasteiger partial charge in [0, 0.05) is 23.5 Å². The number of sulfone groups is 1. The maximum absolute atomic E-state index is 14.0. The van der Waals surface area contributed by atoms with Crippen molar-refractivity contribution >= 4 is 21.2 Å². The number of anilines is 2. The smallest absolute Gasteiger partial charge is 0.234 e. The standard InChI is InChI=1S/C31H32FN3O4S/c1-4-5-9-25-27(35-19(2)11-12-22-8-6-7-10-26(22)35)28(36)29(31(37)34-25)40(38,39)23-15-13-21(14-16-23)24-17-18-33-30(32)20(24)3/h6-8,10,13-19H,4-5,9,11-12H2,1-3H3,(H2,34,36,37). The molecule has 0 amide bonds. The first-order valence-corrected chi connectivity index (χ1v) is 14.9. The molecule has 2 N–H and O–H groups in total. The Bertz CT molecular complexity index is 1670. The molecule has 0 fully saturated rings. The van der Waals surface area contributed by atoms with Crippen molar-refractivity contribution < 1.29 is 23.0 Å². The molecule has 0 bridgehead atoms. The molecule has 1 aliphatic rings. The van der Waals surface area contributed by atoms with Gasteiger partial charge < -0.3 is 15.1 Å². The first-order valence-electron chi connectivity index (χ1n) is 13.4. The molecule has 5 rings (SSSR count). The fourth-order valence-electron chi connectivity index (χ4n) is 5.38. The molecular weight excluding hydrogens is 529 g/mol. The zero-order valence-corrected chi connectivity index (χ0v) is 23.5. The molecular formula is C31H32FN3O4S. The van der Waals surface area contributed by atoms with Crippen LogP contribution in [0.3, 0.4) is 0 Å². The second kappa shape index (κ2) is 10.9. The molecule has 40 heavy (non-hydrogen) atoms. The molecule has 1 aliphatic heterocycles. The number of benzene rings is 2. The van der Waals surface area contributed by atoms with Gasteiger partial charge in [-0.2, -0.15) is 4.39 Å². The number of rotatable bonds is 7. The lowest BCUT2D eigenvalue weighted by molar-refractivity contribution is 0.403. The summed E-state index contributed by atoms with van der Waals surface area (Å²) < 4.78 is 41.8. The molecule has 7 nitrogen and oxygen atoms in total. The lowest BCUT2D eigenvalue weighted by Gasteiger charge is -2.38. The van der Waals surface area contributed by atoms with Crippen molar-refractivity contribution in [2.24, 2.45) is 0 Å². The molecule has 0 saturated heterocycles. The van der Waals surface area contributed by atoms with Gasteiger partial charge in [-0.15, -0.1) is 0 Å². The first kappa shape index (κ1) is 27.6. The number of aromatic hydroxyl groups is 2. The molecule has 2 aromatic carbocycles. The van der Waals surface area contributed by atoms with E-state index in [4.69, 9.17) is 0 Å². The molecule has 9 heteroatoms. The van der Waals surface area contributed by atoms with E-state index >= 15 is 0 Å². The molecule has 208 valence electrons. The number of unbranched alkanes of at least 4 members (excludes halogenated alkanes) is 1. The quantitative estimate of drug-likeness (QED) is 0.244. The summed E-state index contributed by atoms with van der Waals surface area (Å²) in [5, 5.41) is 22.6. The fraction of sp³-hybridized carbons (Fsp3) is 0.290. The van der Waals surface area contributed by atoms with Crippen LogP contribution in [0.15, 0.2) is 70.6 Å². The summed E-state index contributed by atoms with van der Waals surface area (Å²) in [7, 11) is -4.39. The van der Waals surface area contributed by atoms with Crippen LogP contribution in [0.2, 0.25) is 0 Å². The minimum Gasteiger partial charge on any atom is -0.504 e. The topological polar surface area (TPSA) is 104 Å². The third kappa shape index (κ3) is 4.79. The van der Waals surface area contributed by atoms with Gasteiger partial charge in [-0.1, -0.05) is 43.7 Å². The average Bonchev–Trinajstić information content (AvgIpc) is 2.94. The van der Waals surface area contributed by atoms with Crippen LogP contribution in [-0.4, -0.2) is 34.6 Å². The van der Waals surface area contributed by atoms with E-state index in [9.17, 15) is 23.0 Å². The maximum atomic E-state index is 14.0. The number of hydrogen-bond acceptors (Lipinski definition) is 7. The highest BCUT2D eigenvalue weighted by Crippen LogP contribution is 2.48. The third-order valence-electron chi connectivity index (χ3n) is 7.57. The summed E-state index contributed by atoms with van der Waals surface area (Å²) in [6.45, 7) is 5.66. The van der Waals surface area contributed by atoms with Crippen LogP contribution < -0.4 is 4.90 Å². The predicted molar refractivity (Wildman–Crippen MR) is 152 cm³/mol. The fourth-order valence-corrected chi connectivity index (χ4v) is 6.75. The molecule has 0 aliphatic carbocycles. The van der Waals surface area contributed by atoms with Crippen molar-refractivity contribution in [3.05, 3.63) is 83.6 Å². The summed E-state index contributed by atoms with van der Waals surface area (Å²) in [5.41, 5.74) is 4.28. The SMILES string of the molecule is CCCCc1nc(O)c(S(=O)(=O)c2ccc(-c3ccnc(F)c3C)cc2)c(O)c1N1c2ccccc2CCC1C. The average molecular weight is 562 g/mol. The number of aromatic nitrogens is 2. The predicted octanol–water partition coefficient (Wildman–Crippen LogP) is 6.65. The van der Waals surface area contributed by atoms with Crippen LogP contribution in [-0.2, 0) is 22.7 Å². The van der Waals surface area contributed by atoms with Gasteiger partial charge in [-0.25, -0.2) is 18.4 Å². The molecule has 0 radical (unpaired) electrons. The normalized spacial score (nSPS) is 15.2. The van der Waals surface area contributed by atoms with Gasteiger partial charge in [-0.3, -0.25) is 0 Å². The Labute approximate surface area is 233 Å². The Balaban J connectivity index is 1.65. The Morgan fingerprint density at radius 3 is 2.52 bits per heavy atom. The number of pyridine rings is 2. The number of hydrogen-bond donors (Lipinski definition) is 2. The highest BCUT2D eigenvalue weighted by atomic mass is 32.2. The van der Waals surface area contributed by atoms with E-state index in [1.54, 1.807) is 25.1 Å². The van der Waals surface area contributed by atoms with E-state index in [1.807, 2.05) is 43.0 Å². The highest BCUT2D eigenvalue weighted by Gasteiger charge is 2.35. The van der Waals surface area contributed by atoms with Gasteiger partial charge in [-0.05, 0) is 80.5 Å². The molecule has 1 unspecified atom stereocenters. The second-order valence-electron chi connectivity index (χ2n) is 10.2. The Hall–Kier alpha value is -3.98. The van der Waals surface area contributed by atoms with Crippen LogP contribution in [0.25, 0.3) is 11.1 Å². The number of para-hydroxylation sites is 1. The van der Waals surface area contributed by atoms with Crippen molar-refractivity contribution in [3.63, 3.8) is 0 Å². The minimum atomic E-state index is -4.39. The summed E-state index contributed by atoms with van der Waals surface area (Å²) in [6, 6.07) is 15.4. The molecule has 0 saturated carbocycles. The monoisotopic (exact) mass is 561 g/mol. The summed E-state index contributed by atoms with van der Waals surface area (Å²) in [4.78, 5) is 9.20. The number of nitrogens with zero attached hydrogens (tertiary/aromatic N) is 3. The van der Waals surface area contributed by atoms with Crippen molar-refractivity contribution in [2.75, 3.05) is 4.90 Å². The van der Waals surface area contributed by atoms with E-state index in [0.717, 1.165) is 36.9 Å². The van der Waals surface area contributed by atoms with Crippen LogP contribution in [0.5, 0.6) is 11.6 Å². The lowest BCUT2D eigenvalue weighted by Crippen LogP contribution is -2.34. The summed E-state index contributed by atoms with van der Waals surface area (Å²) in [6.07, 6.45) is 5.11. The first-order chi connectivity index (χ1) is 19.1. The van der Waals surface area contributed by atoms with Crippen molar-refractivity contribution in [1.29, 1.82) is 0 Å². The van der Waals surface area contributed by atoms with Gasteiger partial charge in [0.15, 0.2) is 10.6 Å². The van der Waals surface area contributed by atoms with Crippen LogP contribution in [0.4, 0.5) is 15.8 Å². The Kier molecular flexibility index (Phi) is 7.51. The van der Waals surface area contributed by atoms with Crippen molar-refractivity contribution in [1.82, 2.24) is 9.97 Å². The third-order valence-corrected chi connectivity index (χ3v) is 9.38. The largest absolute Gasteiger partial charge is 0.504 e. The second-order valence-corrected chi connectivity index (χ2v) is 12.1. The van der Waals surface area contributed by atoms with Crippen LogP contribution >= 0.6 is 0 Å². The van der Waals surface area contributed by atoms with Crippen LogP contribution in [0, 0.1) is 12.9 Å². The van der Waals surface area contributed by atoms with E-state index < -0.39 is 32.3 Å². The minimum absolute atomic E-state index is 0.0358. The lowest BCUT2D eigenvalue weighted by atomic mass is 9.95. The van der Waals surface area contributed by atoms with Crippen molar-refractivity contribution in [2.45, 2.75) is 68.7 Å². The number of aryl methyl sites for hydroxylation is 2. The zero-order valence-electron chi connectivity index (χ0n) is 22.7. The maximum Gasteiger partial charge on any atom is 0.234 e. The van der Waals surface area contributed by atoms with Gasteiger partial charge in [0.2, 0.25) is 21.7 Å². The molecule has 3 heterocycles. The van der Waals surface area contributed by atoms with Crippen molar-refractivity contribution in [3.8, 4) is 22.8 Å². The molecule has 2 aromatic heterocycles. The molecule has 0 spiro atoms. The number of fused-ring (bicyclic) bond motifs is 1. The Morgan fingerprint density at radius 2 is 1.80 bits per heavy atom. The van der Waals surface area contributed by atoms with E-state index in [-0.39, 0.29) is 10.9 Å². The molecule has 4 aromatic rings. The summed E-state index contributed by atoms with van der Waals surface area (Å²) >= 11 is 0. The zero-order chi connectivity index (χ0) is 28.6.